The first-order chi connectivity index (χ1) is 12.2. The largest absolute Gasteiger partial charge is 0.349 e. The molecular formula is C17H22N2O4S2. The van der Waals surface area contributed by atoms with Crippen LogP contribution in [0.15, 0.2) is 71.0 Å². The molecule has 1 aromatic rings. The molecule has 0 spiro atoms. The second-order valence-corrected chi connectivity index (χ2v) is 7.96. The molecule has 0 amide bonds. The van der Waals surface area contributed by atoms with Gasteiger partial charge < -0.3 is 9.47 Å². The monoisotopic (exact) mass is 382 g/mol. The molecule has 1 fully saturated rings. The molecule has 6 nitrogen and oxygen atoms in total. The van der Waals surface area contributed by atoms with Crippen LogP contribution in [0.4, 0.5) is 0 Å². The number of ether oxygens (including phenoxy) is 2. The summed E-state index contributed by atoms with van der Waals surface area (Å²) in [5.41, 5.74) is 0. The Kier molecular flexibility index (Phi) is 8.39. The summed E-state index contributed by atoms with van der Waals surface area (Å²) < 4.78 is 39.4. The van der Waals surface area contributed by atoms with Gasteiger partial charge in [-0.15, -0.1) is 0 Å². The van der Waals surface area contributed by atoms with Gasteiger partial charge in [-0.1, -0.05) is 43.0 Å². The van der Waals surface area contributed by atoms with Crippen LogP contribution in [-0.2, 0) is 31.4 Å². The Labute approximate surface area is 153 Å². The van der Waals surface area contributed by atoms with E-state index in [1.165, 1.54) is 0 Å². The highest BCUT2D eigenvalue weighted by atomic mass is 32.2. The van der Waals surface area contributed by atoms with Gasteiger partial charge in [0.15, 0.2) is 0 Å². The standard InChI is InChI=1S/C17H22N2O4S2/c1-3-5-9-16(4-2)24(20)18-12-22-14-19(15-23-13-18)25(21)17-10-7-6-8-11-17/h3-11H,1,12-15H2,2H3/b9-5+,16-4-. The molecule has 0 aliphatic carbocycles. The summed E-state index contributed by atoms with van der Waals surface area (Å²) in [7, 11) is -2.78. The summed E-state index contributed by atoms with van der Waals surface area (Å²) in [6.07, 6.45) is 6.85. The molecule has 1 aliphatic heterocycles. The van der Waals surface area contributed by atoms with Gasteiger partial charge in [-0.3, -0.25) is 0 Å². The van der Waals surface area contributed by atoms with E-state index in [0.29, 0.717) is 9.80 Å². The third kappa shape index (κ3) is 5.81. The lowest BCUT2D eigenvalue weighted by Gasteiger charge is -2.28. The minimum Gasteiger partial charge on any atom is -0.349 e. The molecule has 0 aromatic heterocycles. The van der Waals surface area contributed by atoms with Crippen LogP contribution < -0.4 is 0 Å². The van der Waals surface area contributed by atoms with E-state index in [-0.39, 0.29) is 26.9 Å². The van der Waals surface area contributed by atoms with Crippen LogP contribution in [0, 0.1) is 0 Å². The van der Waals surface area contributed by atoms with Gasteiger partial charge in [-0.05, 0) is 25.1 Å². The van der Waals surface area contributed by atoms with E-state index in [1.807, 2.05) is 25.1 Å². The van der Waals surface area contributed by atoms with Gasteiger partial charge in [-0.2, -0.15) is 8.61 Å². The van der Waals surface area contributed by atoms with Gasteiger partial charge in [0.1, 0.15) is 48.9 Å². The van der Waals surface area contributed by atoms with Crippen LogP contribution in [-0.4, -0.2) is 44.0 Å². The Balaban J connectivity index is 1.96. The number of nitrogens with zero attached hydrogens (tertiary/aromatic N) is 2. The Morgan fingerprint density at radius 1 is 1.08 bits per heavy atom. The molecule has 1 aliphatic rings. The van der Waals surface area contributed by atoms with Crippen LogP contribution in [0.25, 0.3) is 0 Å². The van der Waals surface area contributed by atoms with Crippen molar-refractivity contribution in [3.05, 3.63) is 66.1 Å². The van der Waals surface area contributed by atoms with Gasteiger partial charge in [0, 0.05) is 0 Å². The Bertz CT molecular complexity index is 666. The first kappa shape index (κ1) is 19.9. The summed E-state index contributed by atoms with van der Waals surface area (Å²) in [5, 5.41) is 0. The predicted octanol–water partition coefficient (Wildman–Crippen LogP) is 2.50. The molecule has 0 radical (unpaired) electrons. The molecule has 0 bridgehead atoms. The summed E-state index contributed by atoms with van der Waals surface area (Å²) >= 11 is 0. The van der Waals surface area contributed by atoms with Crippen molar-refractivity contribution in [1.29, 1.82) is 0 Å². The van der Waals surface area contributed by atoms with Gasteiger partial charge in [-0.25, -0.2) is 8.42 Å². The number of hydrogen-bond donors (Lipinski definition) is 0. The Morgan fingerprint density at radius 2 is 1.68 bits per heavy atom. The highest BCUT2D eigenvalue weighted by molar-refractivity contribution is 7.86. The molecule has 0 N–H and O–H groups in total. The van der Waals surface area contributed by atoms with E-state index in [1.54, 1.807) is 45.0 Å². The Morgan fingerprint density at radius 3 is 2.24 bits per heavy atom. The minimum absolute atomic E-state index is 0.106. The molecule has 2 rings (SSSR count). The highest BCUT2D eigenvalue weighted by Crippen LogP contribution is 2.15. The molecule has 8 heteroatoms. The van der Waals surface area contributed by atoms with Gasteiger partial charge in [0.25, 0.3) is 0 Å². The average Bonchev–Trinajstić information content (AvgIpc) is 2.62. The van der Waals surface area contributed by atoms with Crippen LogP contribution in [0.2, 0.25) is 0 Å². The van der Waals surface area contributed by atoms with Crippen molar-refractivity contribution < 1.29 is 17.9 Å². The number of rotatable bonds is 6. The second-order valence-electron chi connectivity index (χ2n) is 4.99. The van der Waals surface area contributed by atoms with Gasteiger partial charge >= 0.3 is 0 Å². The van der Waals surface area contributed by atoms with Crippen LogP contribution in [0.5, 0.6) is 0 Å². The third-order valence-corrected chi connectivity index (χ3v) is 6.05. The van der Waals surface area contributed by atoms with E-state index < -0.39 is 22.0 Å². The fraction of sp³-hybridized carbons (Fsp3) is 0.294. The zero-order valence-electron chi connectivity index (χ0n) is 14.1. The normalized spacial score (nSPS) is 20.8. The summed E-state index contributed by atoms with van der Waals surface area (Å²) in [6, 6.07) is 9.12. The van der Waals surface area contributed by atoms with Crippen LogP contribution in [0.1, 0.15) is 6.92 Å². The van der Waals surface area contributed by atoms with Crippen molar-refractivity contribution in [2.75, 3.05) is 26.9 Å². The maximum absolute atomic E-state index is 12.6. The van der Waals surface area contributed by atoms with Crippen LogP contribution >= 0.6 is 0 Å². The molecule has 1 heterocycles. The summed E-state index contributed by atoms with van der Waals surface area (Å²) in [5.74, 6) is 0. The van der Waals surface area contributed by atoms with E-state index >= 15 is 0 Å². The molecular weight excluding hydrogens is 360 g/mol. The number of benzene rings is 1. The lowest BCUT2D eigenvalue weighted by molar-refractivity contribution is -0.0843. The first-order valence-corrected chi connectivity index (χ1v) is 9.88. The SMILES string of the molecule is C=C/C=C/C(=C/C)S(=O)N1COCN(S(=O)c2ccccc2)COC1. The maximum Gasteiger partial charge on any atom is 0.131 e. The number of allylic oxidation sites excluding steroid dienone is 4. The first-order valence-electron chi connectivity index (χ1n) is 7.67. The molecule has 136 valence electrons. The molecule has 1 saturated heterocycles. The summed E-state index contributed by atoms with van der Waals surface area (Å²) in [4.78, 5) is 1.32. The van der Waals surface area contributed by atoms with Crippen molar-refractivity contribution in [3.8, 4) is 0 Å². The third-order valence-electron chi connectivity index (χ3n) is 3.24. The minimum atomic E-state index is -1.41. The van der Waals surface area contributed by atoms with Crippen LogP contribution in [0.3, 0.4) is 0 Å². The van der Waals surface area contributed by atoms with Gasteiger partial charge in [0.05, 0.1) is 9.80 Å². The fourth-order valence-electron chi connectivity index (χ4n) is 2.01. The average molecular weight is 383 g/mol. The second kappa shape index (κ2) is 10.5. The topological polar surface area (TPSA) is 59.1 Å². The summed E-state index contributed by atoms with van der Waals surface area (Å²) in [6.45, 7) is 5.86. The number of hydrogen-bond acceptors (Lipinski definition) is 4. The highest BCUT2D eigenvalue weighted by Gasteiger charge is 2.22. The lowest BCUT2D eigenvalue weighted by Crippen LogP contribution is -2.41. The molecule has 2 atom stereocenters. The fourth-order valence-corrected chi connectivity index (χ4v) is 4.07. The van der Waals surface area contributed by atoms with E-state index in [4.69, 9.17) is 9.47 Å². The molecule has 25 heavy (non-hydrogen) atoms. The van der Waals surface area contributed by atoms with Crippen molar-refractivity contribution >= 4 is 22.0 Å². The maximum atomic E-state index is 12.6. The van der Waals surface area contributed by atoms with Gasteiger partial charge in [0.2, 0.25) is 0 Å². The van der Waals surface area contributed by atoms with Crippen molar-refractivity contribution in [2.45, 2.75) is 11.8 Å². The molecule has 1 aromatic carbocycles. The van der Waals surface area contributed by atoms with E-state index in [2.05, 4.69) is 6.58 Å². The van der Waals surface area contributed by atoms with E-state index in [0.717, 1.165) is 0 Å². The smallest absolute Gasteiger partial charge is 0.131 e. The Hall–Kier alpha value is -1.42. The molecule has 2 unspecified atom stereocenters. The van der Waals surface area contributed by atoms with E-state index in [9.17, 15) is 8.42 Å². The predicted molar refractivity (Wildman–Crippen MR) is 99.4 cm³/mol. The quantitative estimate of drug-likeness (QED) is 0.710. The van der Waals surface area contributed by atoms with Crippen molar-refractivity contribution in [1.82, 2.24) is 8.61 Å². The zero-order valence-corrected chi connectivity index (χ0v) is 15.7. The van der Waals surface area contributed by atoms with Crippen molar-refractivity contribution in [3.63, 3.8) is 0 Å². The van der Waals surface area contributed by atoms with Crippen molar-refractivity contribution in [2.24, 2.45) is 0 Å². The lowest BCUT2D eigenvalue weighted by atomic mass is 10.4. The molecule has 0 saturated carbocycles. The zero-order chi connectivity index (χ0) is 18.1.